The highest BCUT2D eigenvalue weighted by Crippen LogP contribution is 2.10. The van der Waals surface area contributed by atoms with Gasteiger partial charge in [-0.05, 0) is 45.4 Å². The van der Waals surface area contributed by atoms with Gasteiger partial charge < -0.3 is 32.8 Å². The molecule has 12 nitrogen and oxygen atoms in total. The van der Waals surface area contributed by atoms with Crippen molar-refractivity contribution in [3.05, 3.63) is 0 Å². The summed E-state index contributed by atoms with van der Waals surface area (Å²) in [7, 11) is 0. The molecule has 0 radical (unpaired) electrons. The molecule has 0 aromatic carbocycles. The Hall–Kier alpha value is -2.93. The number of carboxylic acid groups (broad SMARTS) is 1. The molecule has 32 heavy (non-hydrogen) atoms. The average Bonchev–Trinajstić information content (AvgIpc) is 2.74. The summed E-state index contributed by atoms with van der Waals surface area (Å²) in [6.45, 7) is 0.880. The van der Waals surface area contributed by atoms with E-state index in [9.17, 15) is 23.9 Å². The van der Waals surface area contributed by atoms with Gasteiger partial charge in [0.1, 0.15) is 18.6 Å². The van der Waals surface area contributed by atoms with Crippen molar-refractivity contribution >= 4 is 35.7 Å². The molecule has 0 saturated heterocycles. The predicted molar refractivity (Wildman–Crippen MR) is 119 cm³/mol. The minimum Gasteiger partial charge on any atom is -0.480 e. The second-order valence-electron chi connectivity index (χ2n) is 7.19. The van der Waals surface area contributed by atoms with Crippen LogP contribution in [0.2, 0.25) is 0 Å². The van der Waals surface area contributed by atoms with Crippen molar-refractivity contribution in [3.63, 3.8) is 0 Å². The van der Waals surface area contributed by atoms with Crippen LogP contribution in [0.25, 0.3) is 0 Å². The van der Waals surface area contributed by atoms with E-state index in [0.717, 1.165) is 6.21 Å². The van der Waals surface area contributed by atoms with Crippen molar-refractivity contribution in [2.75, 3.05) is 26.4 Å². The van der Waals surface area contributed by atoms with Crippen LogP contribution in [0, 0.1) is 0 Å². The number of rotatable bonds is 16. The van der Waals surface area contributed by atoms with Crippen LogP contribution in [-0.2, 0) is 19.1 Å². The Morgan fingerprint density at radius 3 is 2.34 bits per heavy atom. The normalized spacial score (nSPS) is 15.4. The molecule has 2 unspecified atom stereocenters. The Morgan fingerprint density at radius 1 is 1.12 bits per heavy atom. The number of amides is 1. The average molecular weight is 460 g/mol. The molecular weight excluding hydrogens is 425 g/mol. The molecule has 0 spiro atoms. The van der Waals surface area contributed by atoms with Gasteiger partial charge in [-0.15, -0.1) is 0 Å². The van der Waals surface area contributed by atoms with Crippen molar-refractivity contribution in [1.29, 1.82) is 0 Å². The van der Waals surface area contributed by atoms with Gasteiger partial charge in [0.05, 0.1) is 5.84 Å². The molecule has 0 aliphatic rings. The second-order valence-corrected chi connectivity index (χ2v) is 7.19. The van der Waals surface area contributed by atoms with E-state index < -0.39 is 42.7 Å². The van der Waals surface area contributed by atoms with E-state index >= 15 is 0 Å². The zero-order valence-corrected chi connectivity index (χ0v) is 18.3. The molecule has 0 aromatic heterocycles. The van der Waals surface area contributed by atoms with E-state index in [2.05, 4.69) is 15.0 Å². The number of alkyl halides is 1. The highest BCUT2D eigenvalue weighted by molar-refractivity contribution is 6.02. The van der Waals surface area contributed by atoms with Crippen LogP contribution in [0.3, 0.4) is 0 Å². The van der Waals surface area contributed by atoms with E-state index in [1.54, 1.807) is 6.92 Å². The molecule has 0 aromatic rings. The monoisotopic (exact) mass is 459 g/mol. The maximum Gasteiger partial charge on any atom is 0.329 e. The topological polar surface area (TPSA) is 222 Å². The van der Waals surface area contributed by atoms with Gasteiger partial charge in [0.25, 0.3) is 5.91 Å². The largest absolute Gasteiger partial charge is 0.480 e. The van der Waals surface area contributed by atoms with Gasteiger partial charge in [0.2, 0.25) is 0 Å². The Morgan fingerprint density at radius 2 is 1.75 bits per heavy atom. The molecule has 0 heterocycles. The zero-order valence-electron chi connectivity index (χ0n) is 18.3. The number of carboxylic acids is 1. The summed E-state index contributed by atoms with van der Waals surface area (Å²) in [4.78, 5) is 46.4. The summed E-state index contributed by atoms with van der Waals surface area (Å²) >= 11 is 0. The van der Waals surface area contributed by atoms with Gasteiger partial charge >= 0.3 is 11.9 Å². The van der Waals surface area contributed by atoms with Crippen LogP contribution in [0.4, 0.5) is 4.39 Å². The Balaban J connectivity index is 4.44. The van der Waals surface area contributed by atoms with Crippen LogP contribution < -0.4 is 22.9 Å². The molecule has 0 aliphatic carbocycles. The van der Waals surface area contributed by atoms with Crippen molar-refractivity contribution in [2.45, 2.75) is 57.0 Å². The molecule has 182 valence electrons. The number of hydrogen-bond donors (Lipinski definition) is 5. The van der Waals surface area contributed by atoms with Gasteiger partial charge in [0.15, 0.2) is 12.1 Å². The van der Waals surface area contributed by atoms with E-state index in [4.69, 9.17) is 27.7 Å². The molecule has 1 amide bonds. The van der Waals surface area contributed by atoms with E-state index in [1.807, 2.05) is 0 Å². The predicted octanol–water partition coefficient (Wildman–Crippen LogP) is -0.719. The number of nitrogens with zero attached hydrogens (tertiary/aromatic N) is 3. The number of nitrogens with two attached hydrogens (primary N) is 4. The highest BCUT2D eigenvalue weighted by atomic mass is 19.1. The van der Waals surface area contributed by atoms with Crippen molar-refractivity contribution in [3.8, 4) is 0 Å². The lowest BCUT2D eigenvalue weighted by Gasteiger charge is -2.19. The van der Waals surface area contributed by atoms with Crippen molar-refractivity contribution < 1.29 is 28.6 Å². The number of halogens is 1. The van der Waals surface area contributed by atoms with Crippen molar-refractivity contribution in [2.24, 2.45) is 37.9 Å². The standard InChI is InChI=1S/C19H34FN7O5/c1-13(21)25-8-4-2-6-14(22)17(29)32-11-16(28)27-12-19(24,18(30)31)7-3-5-9-26-15(23)10-20/h12,14H,2-11,22,24H2,1H3,(H2,21,25)(H2,23,26)(H,30,31). The fourth-order valence-electron chi connectivity index (χ4n) is 2.33. The quantitative estimate of drug-likeness (QED) is 0.0848. The molecule has 9 N–H and O–H groups in total. The minimum atomic E-state index is -1.89. The number of ether oxygens (including phenoxy) is 1. The molecular formula is C19H34FN7O5. The molecule has 0 fully saturated rings. The highest BCUT2D eigenvalue weighted by Gasteiger charge is 2.31. The zero-order chi connectivity index (χ0) is 24.6. The van der Waals surface area contributed by atoms with Crippen LogP contribution in [-0.4, -0.2) is 78.8 Å². The molecule has 0 rings (SSSR count). The Labute approximate surface area is 186 Å². The first kappa shape index (κ1) is 29.1. The third-order valence-electron chi connectivity index (χ3n) is 4.21. The lowest BCUT2D eigenvalue weighted by atomic mass is 9.95. The number of amidine groups is 2. The lowest BCUT2D eigenvalue weighted by molar-refractivity contribution is -0.149. The fourth-order valence-corrected chi connectivity index (χ4v) is 2.33. The van der Waals surface area contributed by atoms with Gasteiger partial charge in [-0.1, -0.05) is 0 Å². The first-order valence-electron chi connectivity index (χ1n) is 10.2. The lowest BCUT2D eigenvalue weighted by Crippen LogP contribution is -2.49. The summed E-state index contributed by atoms with van der Waals surface area (Å²) < 4.78 is 17.0. The number of unbranched alkanes of at least 4 members (excludes halogenated alkanes) is 2. The number of carbonyl (C=O) groups excluding carboxylic acids is 2. The fraction of sp³-hybridized carbons (Fsp3) is 0.684. The second kappa shape index (κ2) is 15.8. The van der Waals surface area contributed by atoms with E-state index in [-0.39, 0.29) is 18.8 Å². The molecule has 0 aliphatic heterocycles. The van der Waals surface area contributed by atoms with Crippen LogP contribution in [0.5, 0.6) is 0 Å². The number of esters is 1. The molecule has 0 bridgehead atoms. The number of hydrogen-bond acceptors (Lipinski definition) is 8. The summed E-state index contributed by atoms with van der Waals surface area (Å²) in [5.74, 6) is -2.69. The summed E-state index contributed by atoms with van der Waals surface area (Å²) in [6, 6.07) is -0.906. The Kier molecular flexibility index (Phi) is 14.4. The van der Waals surface area contributed by atoms with Gasteiger partial charge in [-0.2, -0.15) is 0 Å². The van der Waals surface area contributed by atoms with E-state index in [1.165, 1.54) is 0 Å². The van der Waals surface area contributed by atoms with Gasteiger partial charge in [-0.3, -0.25) is 19.6 Å². The first-order valence-corrected chi connectivity index (χ1v) is 10.2. The molecule has 2 atom stereocenters. The number of carbonyl (C=O) groups is 3. The third-order valence-corrected chi connectivity index (χ3v) is 4.21. The maximum absolute atomic E-state index is 12.2. The van der Waals surface area contributed by atoms with Crippen LogP contribution in [0.15, 0.2) is 15.0 Å². The summed E-state index contributed by atoms with van der Waals surface area (Å²) in [5, 5.41) is 9.33. The summed E-state index contributed by atoms with van der Waals surface area (Å²) in [6.07, 6.45) is 3.18. The molecule has 13 heteroatoms. The van der Waals surface area contributed by atoms with E-state index in [0.29, 0.717) is 44.5 Å². The van der Waals surface area contributed by atoms with Crippen LogP contribution in [0.1, 0.15) is 45.4 Å². The smallest absolute Gasteiger partial charge is 0.329 e. The number of aliphatic carboxylic acids is 1. The van der Waals surface area contributed by atoms with Crippen molar-refractivity contribution in [1.82, 2.24) is 0 Å². The minimum absolute atomic E-state index is 0.0391. The van der Waals surface area contributed by atoms with Crippen LogP contribution >= 0.6 is 0 Å². The maximum atomic E-state index is 12.2. The third kappa shape index (κ3) is 13.4. The molecule has 0 saturated carbocycles. The Bertz CT molecular complexity index is 710. The first-order chi connectivity index (χ1) is 15.0. The summed E-state index contributed by atoms with van der Waals surface area (Å²) in [5.41, 5.74) is 20.3. The number of aliphatic imine (C=N–C) groups is 3. The van der Waals surface area contributed by atoms with Gasteiger partial charge in [0, 0.05) is 19.3 Å². The van der Waals surface area contributed by atoms with Gasteiger partial charge in [-0.25, -0.2) is 14.2 Å². The SMILES string of the molecule is CC(N)=NCCCCC(N)C(=O)OCC(=O)N=CC(N)(CCCCN=C(N)CF)C(=O)O.